The topological polar surface area (TPSA) is 132 Å². The van der Waals surface area contributed by atoms with Gasteiger partial charge in [-0.05, 0) is 82.9 Å². The summed E-state index contributed by atoms with van der Waals surface area (Å²) in [7, 11) is 1.93. The summed E-state index contributed by atoms with van der Waals surface area (Å²) < 4.78 is 14.5. The molecular weight excluding hydrogens is 524 g/mol. The van der Waals surface area contributed by atoms with Crippen LogP contribution in [0.15, 0.2) is 10.9 Å². The van der Waals surface area contributed by atoms with Crippen LogP contribution < -0.4 is 10.5 Å². The summed E-state index contributed by atoms with van der Waals surface area (Å²) in [5.74, 6) is 0.639. The number of hydrogen-bond donors (Lipinski definition) is 1. The van der Waals surface area contributed by atoms with Gasteiger partial charge in [-0.15, -0.1) is 11.3 Å². The number of nitriles is 1. The van der Waals surface area contributed by atoms with E-state index in [-0.39, 0.29) is 11.0 Å². The van der Waals surface area contributed by atoms with Crippen molar-refractivity contribution in [1.29, 1.82) is 5.26 Å². The molecule has 0 unspecified atom stereocenters. The molecule has 1 spiro atoms. The number of fused-ring (bicyclic) bond motifs is 6. The zero-order valence-electron chi connectivity index (χ0n) is 22.7. The average Bonchev–Trinajstić information content (AvgIpc) is 3.76. The van der Waals surface area contributed by atoms with E-state index in [0.717, 1.165) is 81.3 Å². The summed E-state index contributed by atoms with van der Waals surface area (Å²) >= 11 is 1.56. The van der Waals surface area contributed by atoms with E-state index in [1.54, 1.807) is 17.7 Å². The number of nitrogens with zero attached hydrogens (tertiary/aromatic N) is 7. The number of thiophene rings is 1. The van der Waals surface area contributed by atoms with Crippen molar-refractivity contribution in [1.82, 2.24) is 29.6 Å². The number of nitrogens with two attached hydrogens (primary N) is 1. The molecular formula is C29H32N8O2S. The van der Waals surface area contributed by atoms with E-state index in [9.17, 15) is 5.26 Å². The third-order valence-corrected chi connectivity index (χ3v) is 11.0. The van der Waals surface area contributed by atoms with Crippen LogP contribution in [0, 0.1) is 11.3 Å². The Morgan fingerprint density at radius 1 is 1.12 bits per heavy atom. The van der Waals surface area contributed by atoms with Gasteiger partial charge in [0.05, 0.1) is 23.1 Å². The van der Waals surface area contributed by atoms with Crippen molar-refractivity contribution in [2.75, 3.05) is 25.4 Å². The summed E-state index contributed by atoms with van der Waals surface area (Å²) in [6.07, 6.45) is 12.2. The van der Waals surface area contributed by atoms with Gasteiger partial charge in [-0.2, -0.15) is 15.2 Å². The first-order valence-corrected chi connectivity index (χ1v) is 15.2. The molecule has 2 N–H and O–H groups in total. The molecule has 1 atom stereocenters. The van der Waals surface area contributed by atoms with Crippen LogP contribution in [0.5, 0.6) is 6.01 Å². The fraction of sp³-hybridized carbons (Fsp3) is 0.552. The molecule has 11 heteroatoms. The van der Waals surface area contributed by atoms with Gasteiger partial charge in [-0.1, -0.05) is 5.16 Å². The first-order valence-electron chi connectivity index (χ1n) is 14.4. The van der Waals surface area contributed by atoms with Gasteiger partial charge in [0.1, 0.15) is 28.9 Å². The summed E-state index contributed by atoms with van der Waals surface area (Å²) in [4.78, 5) is 18.1. The SMILES string of the molecule is Cn1cnc2c(-c3onc4c3CCC[C@@]43CCCc4sc(N)c(C#N)c43)nc(OCC34CCCN3CCC4)nc21. The average molecular weight is 557 g/mol. The Morgan fingerprint density at radius 3 is 2.73 bits per heavy atom. The van der Waals surface area contributed by atoms with Gasteiger partial charge >= 0.3 is 6.01 Å². The molecule has 40 heavy (non-hydrogen) atoms. The van der Waals surface area contributed by atoms with Crippen LogP contribution in [-0.2, 0) is 25.3 Å². The van der Waals surface area contributed by atoms with E-state index in [1.165, 1.54) is 17.7 Å². The van der Waals surface area contributed by atoms with Gasteiger partial charge < -0.3 is 19.6 Å². The minimum atomic E-state index is -0.356. The molecule has 0 saturated carbocycles. The van der Waals surface area contributed by atoms with Crippen LogP contribution in [-0.4, -0.2) is 54.8 Å². The van der Waals surface area contributed by atoms with E-state index >= 15 is 0 Å². The predicted molar refractivity (Wildman–Crippen MR) is 150 cm³/mol. The highest BCUT2D eigenvalue weighted by Crippen LogP contribution is 2.55. The fourth-order valence-electron chi connectivity index (χ4n) is 8.11. The predicted octanol–water partition coefficient (Wildman–Crippen LogP) is 4.50. The molecule has 2 saturated heterocycles. The van der Waals surface area contributed by atoms with Crippen LogP contribution in [0.3, 0.4) is 0 Å². The van der Waals surface area contributed by atoms with E-state index in [2.05, 4.69) is 16.0 Å². The molecule has 0 aromatic carbocycles. The fourth-order valence-corrected chi connectivity index (χ4v) is 9.27. The number of imidazole rings is 1. The molecule has 2 fully saturated rings. The second kappa shape index (κ2) is 8.75. The maximum absolute atomic E-state index is 10.0. The van der Waals surface area contributed by atoms with E-state index in [0.29, 0.717) is 45.8 Å². The number of ether oxygens (including phenoxy) is 1. The highest BCUT2D eigenvalue weighted by molar-refractivity contribution is 7.16. The Balaban J connectivity index is 1.23. The molecule has 206 valence electrons. The lowest BCUT2D eigenvalue weighted by Crippen LogP contribution is -2.43. The standard InChI is InChI=1S/C29H32N8O2S/c1-36-16-32-22-21(33-27(34-26(22)36)38-15-28-8-4-12-37(28)13-5-9-28)23-17-6-2-10-29(24(17)35-39-23)11-3-7-19-20(29)18(14-30)25(31)40-19/h16H,2-13,15,31H2,1H3/t29-/m0/s1. The largest absolute Gasteiger partial charge is 0.461 e. The zero-order chi connectivity index (χ0) is 27.1. The highest BCUT2D eigenvalue weighted by Gasteiger charge is 2.48. The molecule has 2 aliphatic carbocycles. The normalized spacial score (nSPS) is 23.3. The maximum atomic E-state index is 10.0. The van der Waals surface area contributed by atoms with Crippen molar-refractivity contribution in [2.24, 2.45) is 7.05 Å². The quantitative estimate of drug-likeness (QED) is 0.386. The number of aromatic nitrogens is 5. The molecule has 6 heterocycles. The number of aryl methyl sites for hydroxylation is 2. The van der Waals surface area contributed by atoms with E-state index < -0.39 is 0 Å². The Hall–Kier alpha value is -3.49. The second-order valence-electron chi connectivity index (χ2n) is 12.0. The van der Waals surface area contributed by atoms with Gasteiger partial charge in [0.15, 0.2) is 11.4 Å². The van der Waals surface area contributed by atoms with Crippen molar-refractivity contribution < 1.29 is 9.26 Å². The molecule has 4 aromatic rings. The molecule has 4 aromatic heterocycles. The summed E-state index contributed by atoms with van der Waals surface area (Å²) in [5.41, 5.74) is 11.8. The molecule has 10 nitrogen and oxygen atoms in total. The smallest absolute Gasteiger partial charge is 0.319 e. The number of nitrogen functional groups attached to an aromatic ring is 1. The zero-order valence-corrected chi connectivity index (χ0v) is 23.5. The Morgan fingerprint density at radius 2 is 1.93 bits per heavy atom. The molecule has 0 amide bonds. The van der Waals surface area contributed by atoms with Crippen molar-refractivity contribution in [3.05, 3.63) is 33.6 Å². The van der Waals surface area contributed by atoms with Gasteiger partial charge in [-0.25, -0.2) is 4.98 Å². The first kappa shape index (κ1) is 24.3. The third-order valence-electron chi connectivity index (χ3n) is 9.91. The Kier molecular flexibility index (Phi) is 5.32. The minimum absolute atomic E-state index is 0.0994. The van der Waals surface area contributed by atoms with E-state index in [4.69, 9.17) is 30.1 Å². The number of rotatable bonds is 4. The molecule has 4 aliphatic rings. The summed E-state index contributed by atoms with van der Waals surface area (Å²) in [6, 6.07) is 2.76. The van der Waals surface area contributed by atoms with Crippen molar-refractivity contribution in [3.63, 3.8) is 0 Å². The van der Waals surface area contributed by atoms with Crippen molar-refractivity contribution in [3.8, 4) is 23.5 Å². The lowest BCUT2D eigenvalue weighted by atomic mass is 9.62. The van der Waals surface area contributed by atoms with Crippen molar-refractivity contribution >= 4 is 27.5 Å². The molecule has 0 bridgehead atoms. The lowest BCUT2D eigenvalue weighted by molar-refractivity contribution is 0.108. The van der Waals surface area contributed by atoms with Crippen LogP contribution in [0.25, 0.3) is 22.6 Å². The highest BCUT2D eigenvalue weighted by atomic mass is 32.1. The minimum Gasteiger partial charge on any atom is -0.461 e. The van der Waals surface area contributed by atoms with Gasteiger partial charge in [0.25, 0.3) is 0 Å². The molecule has 0 radical (unpaired) electrons. The Labute approximate surface area is 236 Å². The molecule has 2 aliphatic heterocycles. The Bertz CT molecular complexity index is 1680. The van der Waals surface area contributed by atoms with Crippen LogP contribution in [0.2, 0.25) is 0 Å². The third kappa shape index (κ3) is 3.29. The van der Waals surface area contributed by atoms with Gasteiger partial charge in [-0.3, -0.25) is 4.90 Å². The first-order chi connectivity index (χ1) is 19.5. The van der Waals surface area contributed by atoms with Crippen molar-refractivity contribution in [2.45, 2.75) is 75.2 Å². The monoisotopic (exact) mass is 556 g/mol. The van der Waals surface area contributed by atoms with Crippen LogP contribution in [0.4, 0.5) is 5.00 Å². The second-order valence-corrected chi connectivity index (χ2v) is 13.1. The van der Waals surface area contributed by atoms with Crippen LogP contribution in [0.1, 0.15) is 78.6 Å². The number of hydrogen-bond acceptors (Lipinski definition) is 10. The van der Waals surface area contributed by atoms with Gasteiger partial charge in [0.2, 0.25) is 0 Å². The molecule has 8 rings (SSSR count). The maximum Gasteiger partial charge on any atom is 0.319 e. The summed E-state index contributed by atoms with van der Waals surface area (Å²) in [5, 5.41) is 15.4. The van der Waals surface area contributed by atoms with Gasteiger partial charge in [0, 0.05) is 22.9 Å². The van der Waals surface area contributed by atoms with E-state index in [1.807, 2.05) is 11.6 Å². The van der Waals surface area contributed by atoms with Crippen LogP contribution >= 0.6 is 11.3 Å². The lowest BCUT2D eigenvalue weighted by Gasteiger charge is -2.39. The summed E-state index contributed by atoms with van der Waals surface area (Å²) in [6.45, 7) is 2.88. The number of anilines is 1.